The average Bonchev–Trinajstić information content (AvgIpc) is 2.96. The van der Waals surface area contributed by atoms with E-state index >= 15 is 8.78 Å². The molecule has 2 unspecified atom stereocenters. The first kappa shape index (κ1) is 31.1. The number of nitrogens with two attached hydrogens (primary N) is 2. The van der Waals surface area contributed by atoms with Crippen LogP contribution in [0.1, 0.15) is 75.0 Å². The molecule has 0 amide bonds. The van der Waals surface area contributed by atoms with Crippen molar-refractivity contribution in [1.82, 2.24) is 0 Å². The van der Waals surface area contributed by atoms with Crippen LogP contribution in [0.5, 0.6) is 5.75 Å². The molecule has 0 saturated heterocycles. The fourth-order valence-electron chi connectivity index (χ4n) is 5.78. The molecule has 224 valence electrons. The van der Waals surface area contributed by atoms with E-state index in [4.69, 9.17) is 20.9 Å². The van der Waals surface area contributed by atoms with Crippen LogP contribution in [0.15, 0.2) is 66.7 Å². The molecule has 7 heteroatoms. The van der Waals surface area contributed by atoms with Crippen molar-refractivity contribution >= 4 is 23.4 Å². The van der Waals surface area contributed by atoms with E-state index in [0.29, 0.717) is 35.7 Å². The van der Waals surface area contributed by atoms with Gasteiger partial charge in [0.25, 0.3) is 0 Å². The summed E-state index contributed by atoms with van der Waals surface area (Å²) in [4.78, 5) is 12.5. The molecule has 1 saturated carbocycles. The van der Waals surface area contributed by atoms with Crippen LogP contribution in [0.25, 0.3) is 17.2 Å². The van der Waals surface area contributed by atoms with Gasteiger partial charge >= 0.3 is 12.1 Å². The number of aryl methyl sites for hydroxylation is 1. The van der Waals surface area contributed by atoms with Gasteiger partial charge in [-0.3, -0.25) is 0 Å². The number of benzene rings is 3. The monoisotopic (exact) mass is 576 g/mol. The van der Waals surface area contributed by atoms with Gasteiger partial charge in [-0.25, -0.2) is 4.79 Å². The average molecular weight is 577 g/mol. The van der Waals surface area contributed by atoms with Crippen molar-refractivity contribution in [2.24, 2.45) is 11.8 Å². The fourth-order valence-corrected chi connectivity index (χ4v) is 5.78. The van der Waals surface area contributed by atoms with Crippen molar-refractivity contribution in [3.63, 3.8) is 0 Å². The van der Waals surface area contributed by atoms with Crippen molar-refractivity contribution in [2.75, 3.05) is 11.5 Å². The molecule has 0 aromatic heterocycles. The molecule has 1 fully saturated rings. The number of carbonyl (C=O) groups is 1. The first-order chi connectivity index (χ1) is 20.1. The Morgan fingerprint density at radius 1 is 0.976 bits per heavy atom. The topological polar surface area (TPSA) is 87.6 Å². The molecular formula is C35H42F2N2O3. The van der Waals surface area contributed by atoms with E-state index in [2.05, 4.69) is 6.92 Å². The molecule has 1 aliphatic rings. The minimum absolute atomic E-state index is 0.0376. The molecule has 3 aromatic rings. The molecule has 42 heavy (non-hydrogen) atoms. The van der Waals surface area contributed by atoms with Crippen molar-refractivity contribution in [1.29, 1.82) is 0 Å². The van der Waals surface area contributed by atoms with E-state index in [-0.39, 0.29) is 12.4 Å². The number of hydrogen-bond acceptors (Lipinski definition) is 5. The number of anilines is 2. The summed E-state index contributed by atoms with van der Waals surface area (Å²) in [5.41, 5.74) is 17.5. The molecular weight excluding hydrogens is 534 g/mol. The highest BCUT2D eigenvalue weighted by molar-refractivity contribution is 5.87. The standard InChI is InChI=1S/C35H42F2N2O3/c1-3-4-5-7-26-8-6-9-28(21-26)35(36,37)42-31-15-10-25(11-16-31)12-19-34(40)41-23-27-22-30(39)14-18-33(27)32-17-13-29(38)20-24(32)2/h10-20,22,26,28H,3-9,21,23,38-39H2,1-2H3/b19-12+. The summed E-state index contributed by atoms with van der Waals surface area (Å²) in [6, 6.07) is 17.5. The maximum absolute atomic E-state index is 15.0. The third-order valence-corrected chi connectivity index (χ3v) is 8.06. The summed E-state index contributed by atoms with van der Waals surface area (Å²) in [5.74, 6) is -0.837. The smallest absolute Gasteiger partial charge is 0.400 e. The van der Waals surface area contributed by atoms with Crippen molar-refractivity contribution in [2.45, 2.75) is 77.9 Å². The molecule has 4 rings (SSSR count). The normalized spacial score (nSPS) is 17.3. The summed E-state index contributed by atoms with van der Waals surface area (Å²) in [7, 11) is 0. The van der Waals surface area contributed by atoms with Gasteiger partial charge in [-0.1, -0.05) is 69.7 Å². The van der Waals surface area contributed by atoms with E-state index in [1.54, 1.807) is 30.3 Å². The SMILES string of the molecule is CCCCCC1CCCC(C(F)(F)Oc2ccc(/C=C/C(=O)OCc3cc(N)ccc3-c3ccc(N)cc3C)cc2)C1. The van der Waals surface area contributed by atoms with Gasteiger partial charge in [-0.05, 0) is 96.0 Å². The number of rotatable bonds is 12. The Balaban J connectivity index is 1.32. The number of ether oxygens (including phenoxy) is 2. The van der Waals surface area contributed by atoms with E-state index in [1.165, 1.54) is 18.2 Å². The highest BCUT2D eigenvalue weighted by Gasteiger charge is 2.44. The lowest BCUT2D eigenvalue weighted by atomic mass is 9.78. The van der Waals surface area contributed by atoms with Crippen LogP contribution in [0.3, 0.4) is 0 Å². The largest absolute Gasteiger partial charge is 0.458 e. The maximum Gasteiger partial charge on any atom is 0.400 e. The molecule has 2 atom stereocenters. The number of nitrogen functional groups attached to an aromatic ring is 2. The Kier molecular flexibility index (Phi) is 10.6. The minimum atomic E-state index is -3.21. The lowest BCUT2D eigenvalue weighted by Gasteiger charge is -2.34. The van der Waals surface area contributed by atoms with Crippen LogP contribution in [-0.4, -0.2) is 12.1 Å². The van der Waals surface area contributed by atoms with Crippen LogP contribution >= 0.6 is 0 Å². The van der Waals surface area contributed by atoms with Crippen molar-refractivity contribution in [3.05, 3.63) is 83.4 Å². The Hall–Kier alpha value is -3.87. The van der Waals surface area contributed by atoms with Gasteiger partial charge in [-0.2, -0.15) is 8.78 Å². The zero-order chi connectivity index (χ0) is 30.1. The third kappa shape index (κ3) is 8.57. The minimum Gasteiger partial charge on any atom is -0.458 e. The maximum atomic E-state index is 15.0. The second-order valence-corrected chi connectivity index (χ2v) is 11.4. The number of hydrogen-bond donors (Lipinski definition) is 2. The van der Waals surface area contributed by atoms with Gasteiger partial charge in [0, 0.05) is 17.5 Å². The summed E-state index contributed by atoms with van der Waals surface area (Å²) in [6.07, 6.45) is 6.94. The van der Waals surface area contributed by atoms with Gasteiger partial charge in [0.05, 0.1) is 5.92 Å². The molecule has 4 N–H and O–H groups in total. The van der Waals surface area contributed by atoms with E-state index < -0.39 is 18.0 Å². The Morgan fingerprint density at radius 2 is 1.69 bits per heavy atom. The quantitative estimate of drug-likeness (QED) is 0.0973. The van der Waals surface area contributed by atoms with Gasteiger partial charge in [0.15, 0.2) is 0 Å². The van der Waals surface area contributed by atoms with Gasteiger partial charge in [0.2, 0.25) is 0 Å². The molecule has 3 aromatic carbocycles. The Morgan fingerprint density at radius 3 is 2.40 bits per heavy atom. The number of esters is 1. The number of carbonyl (C=O) groups excluding carboxylic acids is 1. The zero-order valence-corrected chi connectivity index (χ0v) is 24.6. The number of halogens is 2. The number of unbranched alkanes of at least 4 members (excludes halogenated alkanes) is 2. The van der Waals surface area contributed by atoms with Gasteiger partial charge < -0.3 is 20.9 Å². The molecule has 1 aliphatic carbocycles. The molecule has 0 bridgehead atoms. The predicted molar refractivity (Wildman–Crippen MR) is 166 cm³/mol. The molecule has 0 aliphatic heterocycles. The van der Waals surface area contributed by atoms with Crippen LogP contribution < -0.4 is 16.2 Å². The summed E-state index contributed by atoms with van der Waals surface area (Å²) in [6.45, 7) is 4.16. The van der Waals surface area contributed by atoms with E-state index in [1.807, 2.05) is 31.2 Å². The second kappa shape index (κ2) is 14.3. The van der Waals surface area contributed by atoms with Gasteiger partial charge in [0.1, 0.15) is 12.4 Å². The van der Waals surface area contributed by atoms with Crippen LogP contribution in [0.4, 0.5) is 20.2 Å². The zero-order valence-electron chi connectivity index (χ0n) is 24.6. The summed E-state index contributed by atoms with van der Waals surface area (Å²) < 4.78 is 40.7. The lowest BCUT2D eigenvalue weighted by molar-refractivity contribution is -0.225. The lowest BCUT2D eigenvalue weighted by Crippen LogP contribution is -2.37. The van der Waals surface area contributed by atoms with E-state index in [0.717, 1.165) is 60.8 Å². The molecule has 0 spiro atoms. The highest BCUT2D eigenvalue weighted by Crippen LogP contribution is 2.42. The van der Waals surface area contributed by atoms with Crippen LogP contribution in [0.2, 0.25) is 0 Å². The van der Waals surface area contributed by atoms with Crippen LogP contribution in [0, 0.1) is 18.8 Å². The fraction of sp³-hybridized carbons (Fsp3) is 0.400. The Labute approximate surface area is 247 Å². The molecule has 0 heterocycles. The summed E-state index contributed by atoms with van der Waals surface area (Å²) >= 11 is 0. The predicted octanol–water partition coefficient (Wildman–Crippen LogP) is 8.94. The first-order valence-electron chi connectivity index (χ1n) is 14.9. The van der Waals surface area contributed by atoms with Crippen molar-refractivity contribution in [3.8, 4) is 16.9 Å². The van der Waals surface area contributed by atoms with Crippen molar-refractivity contribution < 1.29 is 23.0 Å². The van der Waals surface area contributed by atoms with Gasteiger partial charge in [-0.15, -0.1) is 0 Å². The molecule has 0 radical (unpaired) electrons. The molecule has 5 nitrogen and oxygen atoms in total. The van der Waals surface area contributed by atoms with E-state index in [9.17, 15) is 4.79 Å². The first-order valence-corrected chi connectivity index (χ1v) is 14.9. The second-order valence-electron chi connectivity index (χ2n) is 11.4. The summed E-state index contributed by atoms with van der Waals surface area (Å²) in [5, 5.41) is 0. The Bertz CT molecular complexity index is 1370. The highest BCUT2D eigenvalue weighted by atomic mass is 19.3. The number of alkyl halides is 2. The third-order valence-electron chi connectivity index (χ3n) is 8.06. The van der Waals surface area contributed by atoms with Crippen LogP contribution in [-0.2, 0) is 16.1 Å².